The number of rotatable bonds is 0. The number of aromatic nitrogens is 16. The van der Waals surface area contributed by atoms with Gasteiger partial charge in [0, 0.05) is 263 Å². The summed E-state index contributed by atoms with van der Waals surface area (Å²) >= 11 is 0. The van der Waals surface area contributed by atoms with E-state index in [4.69, 9.17) is 0 Å². The van der Waals surface area contributed by atoms with Gasteiger partial charge in [-0.15, -0.1) is 12.4 Å². The molecule has 7 aromatic heterocycles. The van der Waals surface area contributed by atoms with Crippen molar-refractivity contribution in [2.24, 2.45) is 0 Å². The van der Waals surface area contributed by atoms with E-state index in [1.54, 1.807) is 61.8 Å². The fourth-order valence-corrected chi connectivity index (χ4v) is 2.40. The average Bonchev–Trinajstić information content (AvgIpc) is 3.20. The molecule has 57 heavy (non-hydrogen) atoms. The van der Waals surface area contributed by atoms with Crippen LogP contribution in [0.25, 0.3) is 10.9 Å². The fraction of sp³-hybridized carbons (Fsp3) is 0.0286. The zero-order chi connectivity index (χ0) is 33.1. The third kappa shape index (κ3) is 51.6. The van der Waals surface area contributed by atoms with E-state index in [1.165, 1.54) is 56.9 Å². The van der Waals surface area contributed by atoms with Crippen LogP contribution in [0.3, 0.4) is 0 Å². The Bertz CT molecular complexity index is 1380. The molecule has 22 heteroatoms. The van der Waals surface area contributed by atoms with Gasteiger partial charge in [0.05, 0.1) is 5.52 Å². The maximum absolute atomic E-state index is 4.07. The standard InChI is InChI=1S/C8H6N2.C5H6N2.2C4H4N2.C4H3N2.C3H3N3.C3H2N3.4CH3.6Y/c1-2-4-8-7(3-1)5-9-6-10-8;1-5-2-3-6-4-7-5;3*1-2-5-4-6-3-1;2*1-4-2-6-3-5-1;;;;;;;;;;/h1-6H;2-4H,1H3;2*1-4H;2-4H;1-3H;1-2H;4*1H3;;;;;;/q;;;;-1;;5*-1;;;;;;. The predicted molar refractivity (Wildman–Crippen MR) is 195 cm³/mol. The summed E-state index contributed by atoms with van der Waals surface area (Å²) in [5, 5.41) is 1.09. The number of fused-ring (bicyclic) bond motifs is 1. The van der Waals surface area contributed by atoms with E-state index in [0.29, 0.717) is 0 Å². The quantitative estimate of drug-likeness (QED) is 0.184. The minimum Gasteiger partial charge on any atom is -0.434 e. The van der Waals surface area contributed by atoms with Crippen LogP contribution in [0.5, 0.6) is 0 Å². The van der Waals surface area contributed by atoms with Crippen LogP contribution in [0, 0.1) is 49.0 Å². The zero-order valence-electron chi connectivity index (χ0n) is 32.6. The van der Waals surface area contributed by atoms with Crippen LogP contribution in [0.2, 0.25) is 0 Å². The van der Waals surface area contributed by atoms with Crippen LogP contribution in [0.4, 0.5) is 0 Å². The van der Waals surface area contributed by atoms with Gasteiger partial charge in [-0.1, -0.05) is 18.2 Å². The SMILES string of the molecule is Cc1ccncn1.[CH3-].[CH3-].[CH3-].[CH3-].[Y].[Y].[Y].[Y].[Y].[Y].[c-]1cncnc1.[c-]1ncncn1.c1ccc2ncncc2c1.c1cncnc1.c1cncnc1.c1ncncn1. The summed E-state index contributed by atoms with van der Waals surface area (Å²) in [7, 11) is 0. The molecular weight excluding hydrogens is 1180 g/mol. The van der Waals surface area contributed by atoms with Gasteiger partial charge in [-0.05, 0) is 31.2 Å². The summed E-state index contributed by atoms with van der Waals surface area (Å²) in [6, 6.07) is 16.0. The summed E-state index contributed by atoms with van der Waals surface area (Å²) in [5.41, 5.74) is 2.01. The van der Waals surface area contributed by atoms with Crippen molar-refractivity contribution in [2.75, 3.05) is 0 Å². The zero-order valence-corrected chi connectivity index (χ0v) is 49.6. The molecule has 0 atom stereocenters. The Kier molecular flexibility index (Phi) is 84.2. The molecule has 7 heterocycles. The van der Waals surface area contributed by atoms with Crippen molar-refractivity contribution in [1.82, 2.24) is 79.7 Å². The van der Waals surface area contributed by atoms with Crippen molar-refractivity contribution < 1.29 is 196 Å². The Morgan fingerprint density at radius 1 is 0.386 bits per heavy atom. The predicted octanol–water partition coefficient (Wildman–Crippen LogP) is 4.97. The van der Waals surface area contributed by atoms with Gasteiger partial charge >= 0.3 is 0 Å². The molecule has 0 aliphatic carbocycles. The third-order valence-electron chi connectivity index (χ3n) is 4.29. The number of para-hydroxylation sites is 1. The minimum atomic E-state index is 0. The topological polar surface area (TPSA) is 206 Å². The maximum atomic E-state index is 4.07. The first kappa shape index (κ1) is 77.2. The molecule has 8 rings (SSSR count). The number of nitrogens with zero attached hydrogens (tertiary/aromatic N) is 16. The first-order chi connectivity index (χ1) is 23.4. The van der Waals surface area contributed by atoms with Gasteiger partial charge in [0.15, 0.2) is 0 Å². The van der Waals surface area contributed by atoms with E-state index >= 15 is 0 Å². The van der Waals surface area contributed by atoms with E-state index in [9.17, 15) is 0 Å². The van der Waals surface area contributed by atoms with Crippen molar-refractivity contribution in [3.8, 4) is 0 Å². The number of aryl methyl sites for hydroxylation is 1. The Morgan fingerprint density at radius 3 is 1.07 bits per heavy atom. The Labute approximate surface area is 488 Å². The van der Waals surface area contributed by atoms with Crippen molar-refractivity contribution in [2.45, 2.75) is 6.92 Å². The molecule has 0 unspecified atom stereocenters. The Morgan fingerprint density at radius 2 is 0.807 bits per heavy atom. The smallest absolute Gasteiger partial charge is 0.119 e. The van der Waals surface area contributed by atoms with Crippen molar-refractivity contribution in [3.63, 3.8) is 0 Å². The number of hydrogen-bond donors (Lipinski definition) is 0. The van der Waals surface area contributed by atoms with E-state index in [-0.39, 0.29) is 226 Å². The van der Waals surface area contributed by atoms with Crippen LogP contribution in [-0.2, 0) is 196 Å². The summed E-state index contributed by atoms with van der Waals surface area (Å²) in [6.45, 7) is 1.93. The summed E-state index contributed by atoms with van der Waals surface area (Å²) in [5.74, 6) is 0. The van der Waals surface area contributed by atoms with Crippen molar-refractivity contribution in [1.29, 1.82) is 0 Å². The molecule has 0 spiro atoms. The van der Waals surface area contributed by atoms with Crippen molar-refractivity contribution in [3.05, 3.63) is 203 Å². The summed E-state index contributed by atoms with van der Waals surface area (Å²) < 4.78 is 0. The van der Waals surface area contributed by atoms with E-state index in [1.807, 2.05) is 43.5 Å². The van der Waals surface area contributed by atoms with Crippen LogP contribution < -0.4 is 0 Å². The van der Waals surface area contributed by atoms with E-state index in [0.717, 1.165) is 16.6 Å². The number of hydrogen-bond acceptors (Lipinski definition) is 16. The second-order valence-electron chi connectivity index (χ2n) is 7.61. The molecule has 0 saturated carbocycles. The summed E-state index contributed by atoms with van der Waals surface area (Å²) in [6.07, 6.45) is 30.4. The molecule has 16 nitrogen and oxygen atoms in total. The van der Waals surface area contributed by atoms with Gasteiger partial charge in [0.2, 0.25) is 0 Å². The molecule has 6 radical (unpaired) electrons. The Hall–Kier alpha value is -0.477. The molecule has 0 bridgehead atoms. The van der Waals surface area contributed by atoms with Crippen LogP contribution in [0.1, 0.15) is 5.69 Å². The van der Waals surface area contributed by atoms with E-state index in [2.05, 4.69) is 92.1 Å². The molecule has 1 aromatic carbocycles. The third-order valence-corrected chi connectivity index (χ3v) is 4.29. The largest absolute Gasteiger partial charge is 0.434 e. The van der Waals surface area contributed by atoms with Gasteiger partial charge < -0.3 is 50.7 Å². The molecule has 0 amide bonds. The molecule has 0 aliphatic heterocycles. The first-order valence-electron chi connectivity index (χ1n) is 13.3. The van der Waals surface area contributed by atoms with Crippen LogP contribution in [0.15, 0.2) is 155 Å². The normalized spacial score (nSPS) is 7.04. The Balaban J connectivity index is -0.0000000660. The molecule has 0 aliphatic rings. The molecule has 284 valence electrons. The minimum absolute atomic E-state index is 0. The van der Waals surface area contributed by atoms with Gasteiger partial charge in [-0.3, -0.25) is 9.97 Å². The van der Waals surface area contributed by atoms with Gasteiger partial charge in [-0.25, -0.2) is 54.8 Å². The van der Waals surface area contributed by atoms with Crippen molar-refractivity contribution >= 4 is 10.9 Å². The second kappa shape index (κ2) is 62.2. The summed E-state index contributed by atoms with van der Waals surface area (Å²) in [4.78, 5) is 58.6. The monoisotopic (exact) mass is 1220 g/mol. The molecule has 8 aromatic rings. The average molecular weight is 1220 g/mol. The van der Waals surface area contributed by atoms with Gasteiger partial charge in [-0.2, -0.15) is 0 Å². The van der Waals surface area contributed by atoms with E-state index < -0.39 is 0 Å². The molecule has 0 saturated heterocycles. The molecular formula is C35H40N16Y6-6. The van der Waals surface area contributed by atoms with Gasteiger partial charge in [0.25, 0.3) is 0 Å². The van der Waals surface area contributed by atoms with Crippen LogP contribution >= 0.6 is 0 Å². The second-order valence-corrected chi connectivity index (χ2v) is 7.61. The fourth-order valence-electron chi connectivity index (χ4n) is 2.40. The first-order valence-corrected chi connectivity index (χ1v) is 13.3. The molecule has 0 N–H and O–H groups in total. The van der Waals surface area contributed by atoms with Crippen LogP contribution in [-0.4, -0.2) is 79.7 Å². The number of benzene rings is 1. The van der Waals surface area contributed by atoms with Gasteiger partial charge in [0.1, 0.15) is 50.6 Å². The maximum Gasteiger partial charge on any atom is 0.119 e. The molecule has 0 fully saturated rings.